The monoisotopic (exact) mass is 305 g/mol. The molecule has 1 aromatic carbocycles. The Morgan fingerprint density at radius 3 is 2.64 bits per heavy atom. The Morgan fingerprint density at radius 2 is 2.14 bits per heavy atom. The first-order chi connectivity index (χ1) is 6.63. The molecular weight excluding hydrogens is 289 g/mol. The first-order valence-electron chi connectivity index (χ1n) is 4.74. The van der Waals surface area contributed by atoms with Gasteiger partial charge in [0, 0.05) is 6.54 Å². The summed E-state index contributed by atoms with van der Waals surface area (Å²) in [6.07, 6.45) is 0. The molecule has 0 saturated carbocycles. The molecule has 0 spiro atoms. The third kappa shape index (κ3) is 3.46. The molecule has 1 rings (SSSR count). The highest BCUT2D eigenvalue weighted by atomic mass is 127. The molecular formula is C11H16INO. The summed E-state index contributed by atoms with van der Waals surface area (Å²) in [7, 11) is 0. The molecule has 2 nitrogen and oxygen atoms in total. The van der Waals surface area contributed by atoms with Gasteiger partial charge in [-0.15, -0.1) is 0 Å². The molecule has 0 atom stereocenters. The fourth-order valence-electron chi connectivity index (χ4n) is 1.04. The summed E-state index contributed by atoms with van der Waals surface area (Å²) < 4.78 is 6.78. The Kier molecular flexibility index (Phi) is 4.68. The predicted molar refractivity (Wildman–Crippen MR) is 67.4 cm³/mol. The van der Waals surface area contributed by atoms with E-state index in [0.29, 0.717) is 12.5 Å². The van der Waals surface area contributed by atoms with Crippen LogP contribution < -0.4 is 10.5 Å². The van der Waals surface area contributed by atoms with Crippen LogP contribution in [0, 0.1) is 9.49 Å². The lowest BCUT2D eigenvalue weighted by Gasteiger charge is -2.10. The SMILES string of the molecule is CC(C)COc1ccc(CN)cc1I. The summed E-state index contributed by atoms with van der Waals surface area (Å²) in [5.74, 6) is 1.51. The highest BCUT2D eigenvalue weighted by Crippen LogP contribution is 2.22. The third-order valence-corrected chi connectivity index (χ3v) is 2.65. The van der Waals surface area contributed by atoms with Crippen LogP contribution in [0.15, 0.2) is 18.2 Å². The number of halogens is 1. The summed E-state index contributed by atoms with van der Waals surface area (Å²) in [4.78, 5) is 0. The summed E-state index contributed by atoms with van der Waals surface area (Å²) >= 11 is 2.28. The maximum Gasteiger partial charge on any atom is 0.132 e. The maximum absolute atomic E-state index is 5.65. The Labute approximate surface area is 99.0 Å². The molecule has 0 aromatic heterocycles. The van der Waals surface area contributed by atoms with E-state index in [4.69, 9.17) is 10.5 Å². The molecule has 0 radical (unpaired) electrons. The van der Waals surface area contributed by atoms with E-state index in [1.165, 1.54) is 0 Å². The minimum Gasteiger partial charge on any atom is -0.492 e. The molecule has 0 aliphatic rings. The van der Waals surface area contributed by atoms with Crippen molar-refractivity contribution in [1.29, 1.82) is 0 Å². The summed E-state index contributed by atoms with van der Waals surface area (Å²) in [6, 6.07) is 6.07. The van der Waals surface area contributed by atoms with Crippen molar-refractivity contribution < 1.29 is 4.74 Å². The second-order valence-corrected chi connectivity index (χ2v) is 4.84. The van der Waals surface area contributed by atoms with Crippen LogP contribution in [-0.2, 0) is 6.54 Å². The van der Waals surface area contributed by atoms with Gasteiger partial charge < -0.3 is 10.5 Å². The number of benzene rings is 1. The van der Waals surface area contributed by atoms with E-state index in [1.807, 2.05) is 12.1 Å². The van der Waals surface area contributed by atoms with Crippen LogP contribution in [0.2, 0.25) is 0 Å². The fraction of sp³-hybridized carbons (Fsp3) is 0.455. The van der Waals surface area contributed by atoms with Crippen LogP contribution in [0.25, 0.3) is 0 Å². The highest BCUT2D eigenvalue weighted by molar-refractivity contribution is 14.1. The van der Waals surface area contributed by atoms with Crippen LogP contribution in [0.5, 0.6) is 5.75 Å². The first kappa shape index (κ1) is 11.8. The molecule has 0 bridgehead atoms. The zero-order valence-corrected chi connectivity index (χ0v) is 10.7. The molecule has 2 N–H and O–H groups in total. The van der Waals surface area contributed by atoms with Crippen molar-refractivity contribution in [3.8, 4) is 5.75 Å². The predicted octanol–water partition coefficient (Wildman–Crippen LogP) is 2.78. The molecule has 14 heavy (non-hydrogen) atoms. The van der Waals surface area contributed by atoms with E-state index >= 15 is 0 Å². The summed E-state index contributed by atoms with van der Waals surface area (Å²) in [5, 5.41) is 0. The zero-order valence-electron chi connectivity index (χ0n) is 8.59. The maximum atomic E-state index is 5.65. The van der Waals surface area contributed by atoms with Crippen LogP contribution in [0.4, 0.5) is 0 Å². The van der Waals surface area contributed by atoms with Crippen molar-refractivity contribution in [2.24, 2.45) is 11.7 Å². The Bertz CT molecular complexity index is 299. The standard InChI is InChI=1S/C11H16INO/c1-8(2)7-14-11-4-3-9(6-13)5-10(11)12/h3-5,8H,6-7,13H2,1-2H3. The van der Waals surface area contributed by atoms with Crippen molar-refractivity contribution in [2.75, 3.05) is 6.61 Å². The van der Waals surface area contributed by atoms with E-state index in [0.717, 1.165) is 21.5 Å². The number of ether oxygens (including phenoxy) is 1. The van der Waals surface area contributed by atoms with Gasteiger partial charge in [-0.1, -0.05) is 19.9 Å². The molecule has 0 saturated heterocycles. The Hall–Kier alpha value is -0.290. The van der Waals surface area contributed by atoms with Crippen molar-refractivity contribution in [3.63, 3.8) is 0 Å². The summed E-state index contributed by atoms with van der Waals surface area (Å²) in [5.41, 5.74) is 6.69. The quantitative estimate of drug-likeness (QED) is 0.868. The van der Waals surface area contributed by atoms with Gasteiger partial charge in [0.2, 0.25) is 0 Å². The second-order valence-electron chi connectivity index (χ2n) is 3.67. The van der Waals surface area contributed by atoms with Crippen LogP contribution in [0.3, 0.4) is 0 Å². The lowest BCUT2D eigenvalue weighted by atomic mass is 10.2. The number of rotatable bonds is 4. The van der Waals surface area contributed by atoms with Gasteiger partial charge in [-0.2, -0.15) is 0 Å². The minimum absolute atomic E-state index is 0.556. The van der Waals surface area contributed by atoms with E-state index in [9.17, 15) is 0 Å². The van der Waals surface area contributed by atoms with Crippen molar-refractivity contribution >= 4 is 22.6 Å². The molecule has 0 unspecified atom stereocenters. The molecule has 0 fully saturated rings. The van der Waals surface area contributed by atoms with Gasteiger partial charge in [-0.05, 0) is 46.2 Å². The fourth-order valence-corrected chi connectivity index (χ4v) is 1.78. The minimum atomic E-state index is 0.556. The smallest absolute Gasteiger partial charge is 0.132 e. The molecule has 0 heterocycles. The summed E-state index contributed by atoms with van der Waals surface area (Å²) in [6.45, 7) is 5.63. The number of nitrogens with two attached hydrogens (primary N) is 1. The molecule has 1 aromatic rings. The first-order valence-corrected chi connectivity index (χ1v) is 5.82. The molecule has 3 heteroatoms. The molecule has 0 aliphatic carbocycles. The topological polar surface area (TPSA) is 35.2 Å². The normalized spacial score (nSPS) is 10.6. The second kappa shape index (κ2) is 5.56. The lowest BCUT2D eigenvalue weighted by Crippen LogP contribution is -2.06. The average Bonchev–Trinajstić information content (AvgIpc) is 2.15. The van der Waals surface area contributed by atoms with Gasteiger partial charge in [0.25, 0.3) is 0 Å². The van der Waals surface area contributed by atoms with Crippen molar-refractivity contribution in [1.82, 2.24) is 0 Å². The van der Waals surface area contributed by atoms with Gasteiger partial charge in [-0.25, -0.2) is 0 Å². The van der Waals surface area contributed by atoms with Crippen LogP contribution in [-0.4, -0.2) is 6.61 Å². The zero-order chi connectivity index (χ0) is 10.6. The van der Waals surface area contributed by atoms with Gasteiger partial charge >= 0.3 is 0 Å². The van der Waals surface area contributed by atoms with Gasteiger partial charge in [0.05, 0.1) is 10.2 Å². The number of hydrogen-bond acceptors (Lipinski definition) is 2. The van der Waals surface area contributed by atoms with Gasteiger partial charge in [0.15, 0.2) is 0 Å². The van der Waals surface area contributed by atoms with E-state index in [-0.39, 0.29) is 0 Å². The van der Waals surface area contributed by atoms with E-state index in [2.05, 4.69) is 42.5 Å². The average molecular weight is 305 g/mol. The van der Waals surface area contributed by atoms with Crippen LogP contribution in [0.1, 0.15) is 19.4 Å². The molecule has 78 valence electrons. The van der Waals surface area contributed by atoms with Gasteiger partial charge in [0.1, 0.15) is 5.75 Å². The van der Waals surface area contributed by atoms with Crippen molar-refractivity contribution in [3.05, 3.63) is 27.3 Å². The Balaban J connectivity index is 2.69. The van der Waals surface area contributed by atoms with Crippen LogP contribution >= 0.6 is 22.6 Å². The van der Waals surface area contributed by atoms with E-state index in [1.54, 1.807) is 0 Å². The van der Waals surface area contributed by atoms with E-state index < -0.39 is 0 Å². The van der Waals surface area contributed by atoms with Gasteiger partial charge in [-0.3, -0.25) is 0 Å². The molecule has 0 aliphatic heterocycles. The largest absolute Gasteiger partial charge is 0.492 e. The third-order valence-electron chi connectivity index (χ3n) is 1.80. The lowest BCUT2D eigenvalue weighted by molar-refractivity contribution is 0.269. The number of hydrogen-bond donors (Lipinski definition) is 1. The highest BCUT2D eigenvalue weighted by Gasteiger charge is 2.02. The molecule has 0 amide bonds. The Morgan fingerprint density at radius 1 is 1.43 bits per heavy atom. The van der Waals surface area contributed by atoms with Crippen molar-refractivity contribution in [2.45, 2.75) is 20.4 Å².